The van der Waals surface area contributed by atoms with Crippen LogP contribution in [0.4, 0.5) is 0 Å². The van der Waals surface area contributed by atoms with Crippen molar-refractivity contribution in [3.8, 4) is 0 Å². The summed E-state index contributed by atoms with van der Waals surface area (Å²) < 4.78 is 2.21. The predicted molar refractivity (Wildman–Crippen MR) is 100 cm³/mol. The molecule has 4 heteroatoms. The number of benzene rings is 2. The van der Waals surface area contributed by atoms with E-state index in [1.807, 2.05) is 18.2 Å². The number of aliphatic hydroxyl groups excluding tert-OH is 1. The summed E-state index contributed by atoms with van der Waals surface area (Å²) in [5, 5.41) is 9.75. The molecule has 0 amide bonds. The molecule has 4 nitrogen and oxygen atoms in total. The Kier molecular flexibility index (Phi) is 4.81. The molecule has 1 fully saturated rings. The minimum absolute atomic E-state index is 0.0138. The van der Waals surface area contributed by atoms with Gasteiger partial charge in [-0.25, -0.2) is 4.98 Å². The lowest BCUT2D eigenvalue weighted by molar-refractivity contribution is 0.123. The molecule has 0 unspecified atom stereocenters. The van der Waals surface area contributed by atoms with Gasteiger partial charge in [-0.1, -0.05) is 48.9 Å². The lowest BCUT2D eigenvalue weighted by Crippen LogP contribution is -2.41. The van der Waals surface area contributed by atoms with Crippen LogP contribution in [0.15, 0.2) is 54.6 Å². The normalized spacial score (nSPS) is 18.7. The summed E-state index contributed by atoms with van der Waals surface area (Å²) in [5.41, 5.74) is 3.46. The Morgan fingerprint density at radius 3 is 2.64 bits per heavy atom. The molecule has 1 saturated heterocycles. The van der Waals surface area contributed by atoms with Gasteiger partial charge < -0.3 is 9.67 Å². The van der Waals surface area contributed by atoms with Crippen LogP contribution in [-0.4, -0.2) is 32.1 Å². The van der Waals surface area contributed by atoms with Gasteiger partial charge in [0, 0.05) is 19.1 Å². The van der Waals surface area contributed by atoms with Crippen LogP contribution in [0.3, 0.4) is 0 Å². The van der Waals surface area contributed by atoms with Crippen molar-refractivity contribution >= 4 is 11.0 Å². The van der Waals surface area contributed by atoms with Crippen LogP contribution >= 0.6 is 0 Å². The second-order valence-electron chi connectivity index (χ2n) is 6.89. The standard InChI is InChI=1S/C21H25N3O/c25-16-21-22-19-11-4-5-12-20(19)24(21)15-18-10-6-7-13-23(18)14-17-8-2-1-3-9-17/h1-5,8-9,11-12,18,25H,6-7,10,13-16H2/t18-/m0/s1. The first-order chi connectivity index (χ1) is 12.3. The molecule has 1 atom stereocenters. The summed E-state index contributed by atoms with van der Waals surface area (Å²) in [5.74, 6) is 0.770. The summed E-state index contributed by atoms with van der Waals surface area (Å²) in [6, 6.07) is 19.4. The Hall–Kier alpha value is -2.17. The quantitative estimate of drug-likeness (QED) is 0.775. The largest absolute Gasteiger partial charge is 0.388 e. The van der Waals surface area contributed by atoms with E-state index in [1.54, 1.807) is 0 Å². The number of hydrogen-bond acceptors (Lipinski definition) is 3. The van der Waals surface area contributed by atoms with E-state index in [4.69, 9.17) is 0 Å². The van der Waals surface area contributed by atoms with Crippen LogP contribution in [0.2, 0.25) is 0 Å². The molecular weight excluding hydrogens is 310 g/mol. The maximum atomic E-state index is 9.75. The summed E-state index contributed by atoms with van der Waals surface area (Å²) in [6.45, 7) is 3.01. The van der Waals surface area contributed by atoms with Crippen molar-refractivity contribution in [2.45, 2.75) is 45.0 Å². The number of nitrogens with zero attached hydrogens (tertiary/aromatic N) is 3. The number of imidazole rings is 1. The van der Waals surface area contributed by atoms with Crippen molar-refractivity contribution in [2.75, 3.05) is 6.54 Å². The Labute approximate surface area is 148 Å². The van der Waals surface area contributed by atoms with Gasteiger partial charge in [0.25, 0.3) is 0 Å². The lowest BCUT2D eigenvalue weighted by Gasteiger charge is -2.36. The number of rotatable bonds is 5. The molecule has 2 aromatic carbocycles. The van der Waals surface area contributed by atoms with Gasteiger partial charge >= 0.3 is 0 Å². The van der Waals surface area contributed by atoms with Gasteiger partial charge in [0.05, 0.1) is 11.0 Å². The molecule has 1 aliphatic heterocycles. The molecule has 1 aromatic heterocycles. The first kappa shape index (κ1) is 16.3. The molecule has 0 saturated carbocycles. The molecule has 130 valence electrons. The van der Waals surface area contributed by atoms with E-state index in [-0.39, 0.29) is 6.61 Å². The van der Waals surface area contributed by atoms with Crippen LogP contribution in [0.25, 0.3) is 11.0 Å². The van der Waals surface area contributed by atoms with Crippen molar-refractivity contribution in [2.24, 2.45) is 0 Å². The summed E-state index contributed by atoms with van der Waals surface area (Å²) in [4.78, 5) is 7.19. The molecule has 0 aliphatic carbocycles. The molecule has 1 N–H and O–H groups in total. The second-order valence-corrected chi connectivity index (χ2v) is 6.89. The Morgan fingerprint density at radius 2 is 1.80 bits per heavy atom. The zero-order chi connectivity index (χ0) is 17.1. The highest BCUT2D eigenvalue weighted by Crippen LogP contribution is 2.24. The SMILES string of the molecule is OCc1nc2ccccc2n1C[C@@H]1CCCCN1Cc1ccccc1. The summed E-state index contributed by atoms with van der Waals surface area (Å²) >= 11 is 0. The molecule has 3 aromatic rings. The zero-order valence-corrected chi connectivity index (χ0v) is 14.5. The fraction of sp³-hybridized carbons (Fsp3) is 0.381. The summed E-state index contributed by atoms with van der Waals surface area (Å²) in [7, 11) is 0. The third kappa shape index (κ3) is 3.46. The Bertz CT molecular complexity index is 828. The van der Waals surface area contributed by atoms with Gasteiger partial charge in [-0.2, -0.15) is 0 Å². The maximum absolute atomic E-state index is 9.75. The van der Waals surface area contributed by atoms with Gasteiger partial charge in [-0.15, -0.1) is 0 Å². The van der Waals surface area contributed by atoms with Crippen molar-refractivity contribution in [1.29, 1.82) is 0 Å². The highest BCUT2D eigenvalue weighted by molar-refractivity contribution is 5.75. The number of piperidine rings is 1. The van der Waals surface area contributed by atoms with E-state index < -0.39 is 0 Å². The average Bonchev–Trinajstić information content (AvgIpc) is 3.02. The second kappa shape index (κ2) is 7.38. The molecular formula is C21H25N3O. The monoisotopic (exact) mass is 335 g/mol. The zero-order valence-electron chi connectivity index (χ0n) is 14.5. The van der Waals surface area contributed by atoms with Crippen LogP contribution in [0.1, 0.15) is 30.7 Å². The van der Waals surface area contributed by atoms with Crippen molar-refractivity contribution in [1.82, 2.24) is 14.5 Å². The molecule has 25 heavy (non-hydrogen) atoms. The number of para-hydroxylation sites is 2. The predicted octanol–water partition coefficient (Wildman–Crippen LogP) is 3.58. The number of fused-ring (bicyclic) bond motifs is 1. The average molecular weight is 335 g/mol. The number of hydrogen-bond donors (Lipinski definition) is 1. The molecule has 1 aliphatic rings. The van der Waals surface area contributed by atoms with Gasteiger partial charge in [0.1, 0.15) is 12.4 Å². The maximum Gasteiger partial charge on any atom is 0.135 e. The third-order valence-electron chi connectivity index (χ3n) is 5.25. The minimum atomic E-state index is -0.0138. The van der Waals surface area contributed by atoms with Crippen molar-refractivity contribution < 1.29 is 5.11 Å². The molecule has 0 bridgehead atoms. The molecule has 0 spiro atoms. The Balaban J connectivity index is 1.59. The third-order valence-corrected chi connectivity index (χ3v) is 5.25. The molecule has 2 heterocycles. The smallest absolute Gasteiger partial charge is 0.135 e. The van der Waals surface area contributed by atoms with Crippen LogP contribution in [-0.2, 0) is 19.7 Å². The van der Waals surface area contributed by atoms with Gasteiger partial charge in [-0.3, -0.25) is 4.90 Å². The minimum Gasteiger partial charge on any atom is -0.388 e. The van der Waals surface area contributed by atoms with E-state index in [1.165, 1.54) is 24.8 Å². The number of aromatic nitrogens is 2. The van der Waals surface area contributed by atoms with Gasteiger partial charge in [0.2, 0.25) is 0 Å². The van der Waals surface area contributed by atoms with Crippen LogP contribution < -0.4 is 0 Å². The fourth-order valence-electron chi connectivity index (χ4n) is 3.95. The van der Waals surface area contributed by atoms with Crippen LogP contribution in [0, 0.1) is 0 Å². The van der Waals surface area contributed by atoms with Crippen LogP contribution in [0.5, 0.6) is 0 Å². The lowest BCUT2D eigenvalue weighted by atomic mass is 10.0. The number of aliphatic hydroxyl groups is 1. The van der Waals surface area contributed by atoms with E-state index in [9.17, 15) is 5.11 Å². The topological polar surface area (TPSA) is 41.3 Å². The molecule has 0 radical (unpaired) electrons. The summed E-state index contributed by atoms with van der Waals surface area (Å²) in [6.07, 6.45) is 3.74. The van der Waals surface area contributed by atoms with E-state index in [0.717, 1.165) is 36.5 Å². The van der Waals surface area contributed by atoms with E-state index in [0.29, 0.717) is 6.04 Å². The van der Waals surface area contributed by atoms with Gasteiger partial charge in [-0.05, 0) is 37.1 Å². The first-order valence-corrected chi connectivity index (χ1v) is 9.18. The highest BCUT2D eigenvalue weighted by atomic mass is 16.3. The first-order valence-electron chi connectivity index (χ1n) is 9.18. The molecule has 4 rings (SSSR count). The van der Waals surface area contributed by atoms with Gasteiger partial charge in [0.15, 0.2) is 0 Å². The van der Waals surface area contributed by atoms with Crippen molar-refractivity contribution in [3.63, 3.8) is 0 Å². The fourth-order valence-corrected chi connectivity index (χ4v) is 3.95. The van der Waals surface area contributed by atoms with Crippen molar-refractivity contribution in [3.05, 3.63) is 66.0 Å². The Morgan fingerprint density at radius 1 is 1.00 bits per heavy atom. The highest BCUT2D eigenvalue weighted by Gasteiger charge is 2.24. The van der Waals surface area contributed by atoms with E-state index >= 15 is 0 Å². The van der Waals surface area contributed by atoms with E-state index in [2.05, 4.69) is 50.8 Å². The number of likely N-dealkylation sites (tertiary alicyclic amines) is 1.